The quantitative estimate of drug-likeness (QED) is 0.741. The molecule has 0 aliphatic heterocycles. The van der Waals surface area contributed by atoms with Crippen molar-refractivity contribution in [1.29, 1.82) is 0 Å². The average Bonchev–Trinajstić information content (AvgIpc) is 2.67. The summed E-state index contributed by atoms with van der Waals surface area (Å²) in [5, 5.41) is 3.48. The van der Waals surface area contributed by atoms with E-state index in [9.17, 15) is 4.79 Å². The summed E-state index contributed by atoms with van der Waals surface area (Å²) >= 11 is 6.08. The van der Waals surface area contributed by atoms with Crippen LogP contribution >= 0.6 is 11.6 Å². The molecule has 2 rings (SSSR count). The summed E-state index contributed by atoms with van der Waals surface area (Å²) in [5.41, 5.74) is 0.934. The average molecular weight is 378 g/mol. The van der Waals surface area contributed by atoms with E-state index < -0.39 is 6.10 Å². The monoisotopic (exact) mass is 377 g/mol. The minimum Gasteiger partial charge on any atom is -0.493 e. The van der Waals surface area contributed by atoms with E-state index in [2.05, 4.69) is 5.32 Å². The third-order valence-corrected chi connectivity index (χ3v) is 4.36. The maximum absolute atomic E-state index is 12.5. The molecule has 1 N–H and O–H groups in total. The molecule has 0 aliphatic rings. The summed E-state index contributed by atoms with van der Waals surface area (Å²) in [6.45, 7) is 3.70. The Kier molecular flexibility index (Phi) is 7.16. The molecule has 0 fully saturated rings. The molecule has 2 atom stereocenters. The molecule has 2 aromatic rings. The number of halogens is 1. The van der Waals surface area contributed by atoms with Gasteiger partial charge in [0, 0.05) is 0 Å². The maximum Gasteiger partial charge on any atom is 0.261 e. The molecule has 140 valence electrons. The van der Waals surface area contributed by atoms with Crippen LogP contribution in [0, 0.1) is 0 Å². The second kappa shape index (κ2) is 9.34. The topological polar surface area (TPSA) is 56.8 Å². The fraction of sp³-hybridized carbons (Fsp3) is 0.350. The molecule has 0 aromatic heterocycles. The number of carbonyl (C=O) groups excluding carboxylic acids is 1. The van der Waals surface area contributed by atoms with E-state index in [1.807, 2.05) is 37.3 Å². The van der Waals surface area contributed by atoms with Crippen molar-refractivity contribution in [3.05, 3.63) is 53.1 Å². The van der Waals surface area contributed by atoms with Crippen molar-refractivity contribution in [3.63, 3.8) is 0 Å². The molecule has 0 heterocycles. The van der Waals surface area contributed by atoms with Crippen LogP contribution in [-0.4, -0.2) is 26.2 Å². The lowest BCUT2D eigenvalue weighted by Crippen LogP contribution is -2.38. The standard InChI is InChI=1S/C20H24ClNO4/c1-5-16(14-10-11-18(24-3)19(12-14)25-4)22-20(23)13(2)26-17-9-7-6-8-15(17)21/h6-13,16H,5H2,1-4H3,(H,22,23)/t13-,16+/m1/s1. The van der Waals surface area contributed by atoms with Gasteiger partial charge in [-0.15, -0.1) is 0 Å². The Morgan fingerprint density at radius 2 is 1.77 bits per heavy atom. The highest BCUT2D eigenvalue weighted by atomic mass is 35.5. The number of benzene rings is 2. The molecule has 0 saturated carbocycles. The molecule has 0 spiro atoms. The first kappa shape index (κ1) is 19.9. The number of carbonyl (C=O) groups is 1. The minimum absolute atomic E-state index is 0.167. The first-order valence-corrected chi connectivity index (χ1v) is 8.81. The molecule has 6 heteroatoms. The zero-order valence-corrected chi connectivity index (χ0v) is 16.2. The molecule has 0 unspecified atom stereocenters. The van der Waals surface area contributed by atoms with Gasteiger partial charge in [0.1, 0.15) is 5.75 Å². The largest absolute Gasteiger partial charge is 0.493 e. The Bertz CT molecular complexity index is 750. The van der Waals surface area contributed by atoms with E-state index in [0.717, 1.165) is 12.0 Å². The Hall–Kier alpha value is -2.40. The van der Waals surface area contributed by atoms with Crippen LogP contribution in [-0.2, 0) is 4.79 Å². The maximum atomic E-state index is 12.5. The second-order valence-corrected chi connectivity index (χ2v) is 6.18. The van der Waals surface area contributed by atoms with E-state index in [1.54, 1.807) is 33.3 Å². The third kappa shape index (κ3) is 4.82. The summed E-state index contributed by atoms with van der Waals surface area (Å²) in [4.78, 5) is 12.5. The lowest BCUT2D eigenvalue weighted by molar-refractivity contribution is -0.128. The Morgan fingerprint density at radius 3 is 2.38 bits per heavy atom. The van der Waals surface area contributed by atoms with E-state index in [0.29, 0.717) is 22.3 Å². The zero-order chi connectivity index (χ0) is 19.1. The molecule has 0 saturated heterocycles. The van der Waals surface area contributed by atoms with Crippen molar-refractivity contribution in [2.75, 3.05) is 14.2 Å². The smallest absolute Gasteiger partial charge is 0.261 e. The lowest BCUT2D eigenvalue weighted by atomic mass is 10.0. The van der Waals surface area contributed by atoms with E-state index in [1.165, 1.54) is 0 Å². The number of nitrogens with one attached hydrogen (secondary N) is 1. The highest BCUT2D eigenvalue weighted by Gasteiger charge is 2.21. The van der Waals surface area contributed by atoms with Gasteiger partial charge in [-0.25, -0.2) is 0 Å². The predicted molar refractivity (Wildman–Crippen MR) is 102 cm³/mol. The van der Waals surface area contributed by atoms with Gasteiger partial charge in [-0.05, 0) is 43.2 Å². The van der Waals surface area contributed by atoms with Crippen LogP contribution < -0.4 is 19.5 Å². The summed E-state index contributed by atoms with van der Waals surface area (Å²) in [6, 6.07) is 12.5. The Labute approximate surface area is 159 Å². The Morgan fingerprint density at radius 1 is 1.08 bits per heavy atom. The summed E-state index contributed by atoms with van der Waals surface area (Å²) in [7, 11) is 3.17. The van der Waals surface area contributed by atoms with Crippen LogP contribution in [0.25, 0.3) is 0 Å². The zero-order valence-electron chi connectivity index (χ0n) is 15.4. The summed E-state index contributed by atoms with van der Waals surface area (Å²) < 4.78 is 16.3. The van der Waals surface area contributed by atoms with Gasteiger partial charge in [-0.3, -0.25) is 4.79 Å². The van der Waals surface area contributed by atoms with Crippen molar-refractivity contribution in [2.45, 2.75) is 32.4 Å². The highest BCUT2D eigenvalue weighted by Crippen LogP contribution is 2.31. The van der Waals surface area contributed by atoms with Crippen LogP contribution in [0.2, 0.25) is 5.02 Å². The van der Waals surface area contributed by atoms with Crippen molar-refractivity contribution in [2.24, 2.45) is 0 Å². The number of para-hydroxylation sites is 1. The predicted octanol–water partition coefficient (Wildman–Crippen LogP) is 4.39. The van der Waals surface area contributed by atoms with Crippen molar-refractivity contribution >= 4 is 17.5 Å². The molecule has 5 nitrogen and oxygen atoms in total. The molecule has 0 aliphatic carbocycles. The lowest BCUT2D eigenvalue weighted by Gasteiger charge is -2.22. The van der Waals surface area contributed by atoms with Gasteiger partial charge < -0.3 is 19.5 Å². The molecule has 0 bridgehead atoms. The number of methoxy groups -OCH3 is 2. The van der Waals surface area contributed by atoms with E-state index >= 15 is 0 Å². The van der Waals surface area contributed by atoms with Gasteiger partial charge in [0.05, 0.1) is 25.3 Å². The molecular formula is C20H24ClNO4. The molecule has 26 heavy (non-hydrogen) atoms. The SMILES string of the molecule is CC[C@H](NC(=O)[C@@H](C)Oc1ccccc1Cl)c1ccc(OC)c(OC)c1. The number of ether oxygens (including phenoxy) is 3. The second-order valence-electron chi connectivity index (χ2n) is 5.77. The van der Waals surface area contributed by atoms with Crippen molar-refractivity contribution in [3.8, 4) is 17.2 Å². The summed E-state index contributed by atoms with van der Waals surface area (Å²) in [5.74, 6) is 1.54. The first-order chi connectivity index (χ1) is 12.5. The van der Waals surface area contributed by atoms with Gasteiger partial charge in [-0.1, -0.05) is 36.7 Å². The van der Waals surface area contributed by atoms with Crippen LogP contribution in [0.4, 0.5) is 0 Å². The number of amides is 1. The number of hydrogen-bond donors (Lipinski definition) is 1. The van der Waals surface area contributed by atoms with Gasteiger partial charge >= 0.3 is 0 Å². The number of hydrogen-bond acceptors (Lipinski definition) is 4. The highest BCUT2D eigenvalue weighted by molar-refractivity contribution is 6.32. The van der Waals surface area contributed by atoms with Crippen LogP contribution in [0.1, 0.15) is 31.9 Å². The van der Waals surface area contributed by atoms with Gasteiger partial charge in [0.25, 0.3) is 5.91 Å². The Balaban J connectivity index is 2.09. The first-order valence-electron chi connectivity index (χ1n) is 8.43. The van der Waals surface area contributed by atoms with Gasteiger partial charge in [0.15, 0.2) is 17.6 Å². The molecule has 1 amide bonds. The fourth-order valence-electron chi connectivity index (χ4n) is 2.56. The number of rotatable bonds is 8. The normalized spacial score (nSPS) is 12.8. The third-order valence-electron chi connectivity index (χ3n) is 4.04. The van der Waals surface area contributed by atoms with Crippen LogP contribution in [0.15, 0.2) is 42.5 Å². The summed E-state index contributed by atoms with van der Waals surface area (Å²) in [6.07, 6.45) is 0.0455. The van der Waals surface area contributed by atoms with Gasteiger partial charge in [-0.2, -0.15) is 0 Å². The fourth-order valence-corrected chi connectivity index (χ4v) is 2.74. The van der Waals surface area contributed by atoms with Gasteiger partial charge in [0.2, 0.25) is 0 Å². The van der Waals surface area contributed by atoms with Crippen molar-refractivity contribution in [1.82, 2.24) is 5.32 Å². The van der Waals surface area contributed by atoms with E-state index in [4.69, 9.17) is 25.8 Å². The van der Waals surface area contributed by atoms with Crippen LogP contribution in [0.3, 0.4) is 0 Å². The van der Waals surface area contributed by atoms with Crippen LogP contribution in [0.5, 0.6) is 17.2 Å². The van der Waals surface area contributed by atoms with Crippen molar-refractivity contribution < 1.29 is 19.0 Å². The molecular weight excluding hydrogens is 354 g/mol. The minimum atomic E-state index is -0.677. The van der Waals surface area contributed by atoms with E-state index in [-0.39, 0.29) is 11.9 Å². The molecule has 2 aromatic carbocycles. The molecule has 0 radical (unpaired) electrons.